The average Bonchev–Trinajstić information content (AvgIpc) is 2.76. The van der Waals surface area contributed by atoms with E-state index < -0.39 is 0 Å². The Bertz CT molecular complexity index is 668. The van der Waals surface area contributed by atoms with Gasteiger partial charge in [-0.1, -0.05) is 57.8 Å². The van der Waals surface area contributed by atoms with Crippen molar-refractivity contribution in [1.29, 1.82) is 0 Å². The van der Waals surface area contributed by atoms with Crippen LogP contribution in [0.15, 0.2) is 18.2 Å². The fraction of sp³-hybridized carbons (Fsp3) is 0.667. The van der Waals surface area contributed by atoms with Gasteiger partial charge in [-0.15, -0.1) is 0 Å². The van der Waals surface area contributed by atoms with Crippen LogP contribution in [-0.4, -0.2) is 45.3 Å². The van der Waals surface area contributed by atoms with Crippen LogP contribution in [-0.2, 0) is 14.3 Å². The van der Waals surface area contributed by atoms with Gasteiger partial charge in [0.05, 0.1) is 19.9 Å². The topological polar surface area (TPSA) is 85.9 Å². The molecule has 0 unspecified atom stereocenters. The summed E-state index contributed by atoms with van der Waals surface area (Å²) in [5.41, 5.74) is 0.523. The molecule has 1 saturated carbocycles. The summed E-state index contributed by atoms with van der Waals surface area (Å²) in [6.07, 6.45) is 13.4. The second-order valence-corrected chi connectivity index (χ2v) is 8.13. The van der Waals surface area contributed by atoms with Gasteiger partial charge >= 0.3 is 0 Å². The monoisotopic (exact) mass is 434 g/mol. The van der Waals surface area contributed by atoms with Gasteiger partial charge in [0.15, 0.2) is 0 Å². The van der Waals surface area contributed by atoms with Crippen molar-refractivity contribution in [1.82, 2.24) is 5.32 Å². The molecule has 1 fully saturated rings. The third kappa shape index (κ3) is 10.0. The summed E-state index contributed by atoms with van der Waals surface area (Å²) < 4.78 is 15.8. The Morgan fingerprint density at radius 3 is 2.00 bits per heavy atom. The van der Waals surface area contributed by atoms with Gasteiger partial charge in [-0.25, -0.2) is 0 Å². The third-order valence-electron chi connectivity index (χ3n) is 5.62. The van der Waals surface area contributed by atoms with Gasteiger partial charge in [0.25, 0.3) is 0 Å². The molecule has 1 aliphatic rings. The molecule has 31 heavy (non-hydrogen) atoms. The summed E-state index contributed by atoms with van der Waals surface area (Å²) in [4.78, 5) is 24.5. The molecule has 0 radical (unpaired) electrons. The Kier molecular flexibility index (Phi) is 11.8. The van der Waals surface area contributed by atoms with Crippen LogP contribution < -0.4 is 20.1 Å². The van der Waals surface area contributed by atoms with Gasteiger partial charge in [0.1, 0.15) is 24.7 Å². The molecule has 2 amide bonds. The number of nitrogens with one attached hydrogen (secondary N) is 2. The maximum atomic E-state index is 12.3. The molecule has 174 valence electrons. The van der Waals surface area contributed by atoms with Crippen LogP contribution in [0.3, 0.4) is 0 Å². The highest BCUT2D eigenvalue weighted by molar-refractivity contribution is 5.93. The van der Waals surface area contributed by atoms with Crippen LogP contribution in [0.25, 0.3) is 0 Å². The minimum absolute atomic E-state index is 0.121. The van der Waals surface area contributed by atoms with E-state index in [4.69, 9.17) is 14.2 Å². The van der Waals surface area contributed by atoms with Crippen LogP contribution >= 0.6 is 0 Å². The van der Waals surface area contributed by atoms with Crippen molar-refractivity contribution in [3.05, 3.63) is 18.2 Å². The van der Waals surface area contributed by atoms with Crippen molar-refractivity contribution < 1.29 is 23.8 Å². The van der Waals surface area contributed by atoms with E-state index in [1.54, 1.807) is 25.3 Å². The molecule has 2 rings (SSSR count). The lowest BCUT2D eigenvalue weighted by Gasteiger charge is -2.19. The molecule has 7 nitrogen and oxygen atoms in total. The highest BCUT2D eigenvalue weighted by Gasteiger charge is 2.14. The maximum absolute atomic E-state index is 12.3. The Morgan fingerprint density at radius 2 is 1.42 bits per heavy atom. The molecule has 0 aliphatic heterocycles. The van der Waals surface area contributed by atoms with Crippen molar-refractivity contribution in [2.45, 2.75) is 76.7 Å². The smallest absolute Gasteiger partial charge is 0.250 e. The zero-order valence-electron chi connectivity index (χ0n) is 19.0. The molecule has 2 N–H and O–H groups in total. The van der Waals surface area contributed by atoms with Gasteiger partial charge in [0.2, 0.25) is 11.8 Å². The second kappa shape index (κ2) is 14.7. The summed E-state index contributed by atoms with van der Waals surface area (Å²) in [5.74, 6) is 0.622. The summed E-state index contributed by atoms with van der Waals surface area (Å²) in [5, 5.41) is 5.83. The Labute approximate surface area is 186 Å². The normalized spacial score (nSPS) is 16.5. The van der Waals surface area contributed by atoms with Gasteiger partial charge < -0.3 is 24.8 Å². The lowest BCUT2D eigenvalue weighted by Crippen LogP contribution is -2.37. The summed E-state index contributed by atoms with van der Waals surface area (Å²) in [6.45, 7) is -0.322. The van der Waals surface area contributed by atoms with E-state index in [1.807, 2.05) is 0 Å². The van der Waals surface area contributed by atoms with Crippen molar-refractivity contribution in [2.75, 3.05) is 32.8 Å². The van der Waals surface area contributed by atoms with Crippen LogP contribution in [0.2, 0.25) is 0 Å². The van der Waals surface area contributed by atoms with Crippen LogP contribution in [0.1, 0.15) is 70.6 Å². The number of amides is 2. The van der Waals surface area contributed by atoms with E-state index in [2.05, 4.69) is 10.6 Å². The molecule has 1 aliphatic carbocycles. The number of hydrogen-bond donors (Lipinski definition) is 2. The fourth-order valence-corrected chi connectivity index (χ4v) is 3.90. The SMILES string of the molecule is COc1ccc(NC(=O)COCC(=O)NC2CCCCCCCCCCC2)c(OC)c1. The minimum Gasteiger partial charge on any atom is -0.497 e. The molecule has 0 bridgehead atoms. The van der Waals surface area contributed by atoms with Gasteiger partial charge in [-0.05, 0) is 25.0 Å². The standard InChI is InChI=1S/C24H38N2O5/c1-29-20-14-15-21(22(16-20)30-2)26-24(28)18-31-17-23(27)25-19-12-10-8-6-4-3-5-7-9-11-13-19/h14-16,19H,3-13,17-18H2,1-2H3,(H,25,27)(H,26,28). The zero-order valence-corrected chi connectivity index (χ0v) is 19.0. The molecule has 0 heterocycles. The van der Waals surface area contributed by atoms with Crippen LogP contribution in [0, 0.1) is 0 Å². The lowest BCUT2D eigenvalue weighted by atomic mass is 9.98. The molecule has 0 aromatic heterocycles. The van der Waals surface area contributed by atoms with Crippen molar-refractivity contribution >= 4 is 17.5 Å². The van der Waals surface area contributed by atoms with Gasteiger partial charge in [-0.3, -0.25) is 9.59 Å². The number of benzene rings is 1. The Morgan fingerprint density at radius 1 is 0.839 bits per heavy atom. The first-order valence-electron chi connectivity index (χ1n) is 11.5. The molecule has 0 saturated heterocycles. The first-order valence-corrected chi connectivity index (χ1v) is 11.5. The number of carbonyl (C=O) groups is 2. The van der Waals surface area contributed by atoms with E-state index in [-0.39, 0.29) is 31.1 Å². The average molecular weight is 435 g/mol. The predicted octanol–water partition coefficient (Wildman–Crippen LogP) is 4.45. The molecule has 1 aromatic carbocycles. The number of hydrogen-bond acceptors (Lipinski definition) is 5. The van der Waals surface area contributed by atoms with Gasteiger partial charge in [0, 0.05) is 12.1 Å². The van der Waals surface area contributed by atoms with Crippen LogP contribution in [0.4, 0.5) is 5.69 Å². The predicted molar refractivity (Wildman–Crippen MR) is 122 cm³/mol. The number of ether oxygens (including phenoxy) is 3. The molecule has 7 heteroatoms. The van der Waals surface area contributed by atoms with E-state index in [0.29, 0.717) is 17.2 Å². The lowest BCUT2D eigenvalue weighted by molar-refractivity contribution is -0.129. The molecule has 0 spiro atoms. The second-order valence-electron chi connectivity index (χ2n) is 8.13. The van der Waals surface area contributed by atoms with E-state index >= 15 is 0 Å². The molecule has 1 aromatic rings. The van der Waals surface area contributed by atoms with Crippen molar-refractivity contribution in [3.63, 3.8) is 0 Å². The largest absolute Gasteiger partial charge is 0.497 e. The van der Waals surface area contributed by atoms with E-state index in [1.165, 1.54) is 52.1 Å². The number of anilines is 1. The summed E-state index contributed by atoms with van der Waals surface area (Å²) >= 11 is 0. The maximum Gasteiger partial charge on any atom is 0.250 e. The molecular formula is C24H38N2O5. The summed E-state index contributed by atoms with van der Waals surface area (Å²) in [6, 6.07) is 5.32. The van der Waals surface area contributed by atoms with Crippen molar-refractivity contribution in [2.24, 2.45) is 0 Å². The Balaban J connectivity index is 1.71. The first-order chi connectivity index (χ1) is 15.1. The van der Waals surface area contributed by atoms with E-state index in [0.717, 1.165) is 25.7 Å². The Hall–Kier alpha value is -2.28. The summed E-state index contributed by atoms with van der Waals surface area (Å²) in [7, 11) is 3.09. The highest BCUT2D eigenvalue weighted by atomic mass is 16.5. The van der Waals surface area contributed by atoms with Crippen LogP contribution in [0.5, 0.6) is 11.5 Å². The number of rotatable bonds is 8. The van der Waals surface area contributed by atoms with Crippen molar-refractivity contribution in [3.8, 4) is 11.5 Å². The quantitative estimate of drug-likeness (QED) is 0.631. The molecular weight excluding hydrogens is 396 g/mol. The molecule has 0 atom stereocenters. The number of methoxy groups -OCH3 is 2. The zero-order chi connectivity index (χ0) is 22.3. The fourth-order valence-electron chi connectivity index (χ4n) is 3.90. The highest BCUT2D eigenvalue weighted by Crippen LogP contribution is 2.28. The third-order valence-corrected chi connectivity index (χ3v) is 5.62. The number of carbonyl (C=O) groups excluding carboxylic acids is 2. The van der Waals surface area contributed by atoms with Gasteiger partial charge in [-0.2, -0.15) is 0 Å². The minimum atomic E-state index is -0.345. The first kappa shape index (κ1) is 25.0. The van der Waals surface area contributed by atoms with E-state index in [9.17, 15) is 9.59 Å².